The van der Waals surface area contributed by atoms with Gasteiger partial charge < -0.3 is 9.80 Å². The Kier molecular flexibility index (Phi) is 4.64. The number of carbonyl (C=O) groups is 3. The zero-order chi connectivity index (χ0) is 22.8. The van der Waals surface area contributed by atoms with Gasteiger partial charge in [-0.25, -0.2) is 9.69 Å². The number of piperazine rings is 1. The first-order valence-electron chi connectivity index (χ1n) is 11.0. The van der Waals surface area contributed by atoms with E-state index in [1.807, 2.05) is 58.2 Å². The van der Waals surface area contributed by atoms with Gasteiger partial charge in [0.05, 0.1) is 11.7 Å². The number of rotatable bonds is 1. The molecule has 0 aromatic heterocycles. The largest absolute Gasteiger partial charge is 0.364 e. The molecule has 0 aliphatic carbocycles. The van der Waals surface area contributed by atoms with E-state index >= 15 is 0 Å². The predicted molar refractivity (Wildman–Crippen MR) is 123 cm³/mol. The van der Waals surface area contributed by atoms with Crippen LogP contribution in [0, 0.1) is 26.2 Å². The van der Waals surface area contributed by atoms with Gasteiger partial charge in [-0.3, -0.25) is 14.9 Å². The Morgan fingerprint density at radius 3 is 2.41 bits per heavy atom. The summed E-state index contributed by atoms with van der Waals surface area (Å²) in [6.07, 6.45) is 0.274. The summed E-state index contributed by atoms with van der Waals surface area (Å²) in [7, 11) is 2.01. The summed E-state index contributed by atoms with van der Waals surface area (Å²) in [5.74, 6) is -0.924. The maximum Gasteiger partial charge on any atom is 0.335 e. The lowest BCUT2D eigenvalue weighted by molar-refractivity contribution is -0.145. The molecule has 32 heavy (non-hydrogen) atoms. The summed E-state index contributed by atoms with van der Waals surface area (Å²) in [6, 6.07) is 10.9. The van der Waals surface area contributed by atoms with E-state index in [0.717, 1.165) is 41.0 Å². The average molecular weight is 433 g/mol. The quantitative estimate of drug-likeness (QED) is 0.702. The minimum Gasteiger partial charge on any atom is -0.364 e. The third kappa shape index (κ3) is 2.80. The lowest BCUT2D eigenvalue weighted by Crippen LogP contribution is -2.75. The standard InChI is InChI=1S/C25H28N4O3/c1-15-11-16(2)21(17(3)12-15)29-23(31)25(22(30)26-24(29)32)13-18-7-5-6-8-19(18)28-10-9-27(4)14-20(25)28/h5-8,11-12,20H,9-10,13-14H2,1-4H3,(H,26,30,32)/t20-,25+/m0/s1. The van der Waals surface area contributed by atoms with Crippen LogP contribution in [0.2, 0.25) is 0 Å². The molecule has 2 atom stereocenters. The van der Waals surface area contributed by atoms with Gasteiger partial charge in [0, 0.05) is 25.3 Å². The molecule has 2 saturated heterocycles. The molecule has 2 aromatic carbocycles. The van der Waals surface area contributed by atoms with E-state index in [1.54, 1.807) is 0 Å². The summed E-state index contributed by atoms with van der Waals surface area (Å²) < 4.78 is 0. The highest BCUT2D eigenvalue weighted by atomic mass is 16.2. The van der Waals surface area contributed by atoms with Crippen LogP contribution in [0.25, 0.3) is 0 Å². The van der Waals surface area contributed by atoms with Crippen molar-refractivity contribution in [2.75, 3.05) is 36.5 Å². The zero-order valence-electron chi connectivity index (χ0n) is 18.9. The smallest absolute Gasteiger partial charge is 0.335 e. The van der Waals surface area contributed by atoms with Gasteiger partial charge >= 0.3 is 6.03 Å². The van der Waals surface area contributed by atoms with E-state index < -0.39 is 23.3 Å². The topological polar surface area (TPSA) is 73.0 Å². The van der Waals surface area contributed by atoms with Crippen molar-refractivity contribution >= 4 is 29.2 Å². The molecule has 3 heterocycles. The number of urea groups is 1. The number of anilines is 2. The van der Waals surface area contributed by atoms with E-state index in [4.69, 9.17) is 0 Å². The first-order chi connectivity index (χ1) is 15.2. The fourth-order valence-corrected chi connectivity index (χ4v) is 5.82. The maximum absolute atomic E-state index is 14.3. The predicted octanol–water partition coefficient (Wildman–Crippen LogP) is 2.56. The number of benzene rings is 2. The van der Waals surface area contributed by atoms with Crippen molar-refractivity contribution in [2.24, 2.45) is 5.41 Å². The number of barbiturate groups is 1. The van der Waals surface area contributed by atoms with Gasteiger partial charge in [-0.05, 0) is 57.0 Å². The number of nitrogens with one attached hydrogen (secondary N) is 1. The summed E-state index contributed by atoms with van der Waals surface area (Å²) in [4.78, 5) is 46.4. The Hall–Kier alpha value is -3.19. The molecule has 2 aromatic rings. The summed E-state index contributed by atoms with van der Waals surface area (Å²) in [5, 5.41) is 2.55. The molecule has 4 amide bonds. The molecule has 5 rings (SSSR count). The highest BCUT2D eigenvalue weighted by Gasteiger charge is 2.63. The molecule has 0 unspecified atom stereocenters. The van der Waals surface area contributed by atoms with Gasteiger partial charge in [0.2, 0.25) is 5.91 Å². The van der Waals surface area contributed by atoms with Crippen LogP contribution in [0.3, 0.4) is 0 Å². The number of aryl methyl sites for hydroxylation is 3. The van der Waals surface area contributed by atoms with Crippen molar-refractivity contribution in [1.82, 2.24) is 10.2 Å². The van der Waals surface area contributed by atoms with Gasteiger partial charge in [-0.2, -0.15) is 0 Å². The van der Waals surface area contributed by atoms with Crippen molar-refractivity contribution < 1.29 is 14.4 Å². The van der Waals surface area contributed by atoms with Crippen LogP contribution in [0.5, 0.6) is 0 Å². The van der Waals surface area contributed by atoms with Gasteiger partial charge in [0.1, 0.15) is 0 Å². The number of hydrogen-bond acceptors (Lipinski definition) is 5. The SMILES string of the molecule is Cc1cc(C)c(N2C(=O)NC(=O)[C@]3(Cc4ccccc4N4CCN(C)C[C@H]43)C2=O)c(C)c1. The molecule has 1 spiro atoms. The van der Waals surface area contributed by atoms with Crippen LogP contribution >= 0.6 is 0 Å². The Labute approximate surface area is 188 Å². The van der Waals surface area contributed by atoms with Gasteiger partial charge in [-0.15, -0.1) is 0 Å². The molecule has 3 aliphatic rings. The Morgan fingerprint density at radius 1 is 1.00 bits per heavy atom. The molecule has 7 nitrogen and oxygen atoms in total. The first-order valence-corrected chi connectivity index (χ1v) is 11.0. The zero-order valence-corrected chi connectivity index (χ0v) is 18.9. The van der Waals surface area contributed by atoms with Crippen molar-refractivity contribution in [2.45, 2.75) is 33.2 Å². The maximum atomic E-state index is 14.3. The molecular weight excluding hydrogens is 404 g/mol. The average Bonchev–Trinajstić information content (AvgIpc) is 2.73. The molecular formula is C25H28N4O3. The van der Waals surface area contributed by atoms with Crippen molar-refractivity contribution in [1.29, 1.82) is 0 Å². The van der Waals surface area contributed by atoms with Crippen molar-refractivity contribution in [3.05, 3.63) is 58.7 Å². The van der Waals surface area contributed by atoms with Crippen molar-refractivity contribution in [3.8, 4) is 0 Å². The molecule has 0 saturated carbocycles. The van der Waals surface area contributed by atoms with Crippen LogP contribution < -0.4 is 15.1 Å². The molecule has 0 bridgehead atoms. The molecule has 166 valence electrons. The van der Waals surface area contributed by atoms with Crippen LogP contribution in [0.1, 0.15) is 22.3 Å². The first kappa shape index (κ1) is 20.7. The monoisotopic (exact) mass is 432 g/mol. The number of imide groups is 2. The number of fused-ring (bicyclic) bond motifs is 4. The molecule has 0 radical (unpaired) electrons. The van der Waals surface area contributed by atoms with Crippen LogP contribution in [-0.4, -0.2) is 55.5 Å². The summed E-state index contributed by atoms with van der Waals surface area (Å²) in [6.45, 7) is 7.92. The Bertz CT molecular complexity index is 1140. The lowest BCUT2D eigenvalue weighted by Gasteiger charge is -2.55. The van der Waals surface area contributed by atoms with Gasteiger partial charge in [0.15, 0.2) is 5.41 Å². The fraction of sp³-hybridized carbons (Fsp3) is 0.400. The number of para-hydroxylation sites is 1. The van der Waals surface area contributed by atoms with Crippen LogP contribution in [0.15, 0.2) is 36.4 Å². The second kappa shape index (κ2) is 7.17. The number of hydrogen-bond donors (Lipinski definition) is 1. The summed E-state index contributed by atoms with van der Waals surface area (Å²) in [5.41, 5.74) is 3.96. The fourth-order valence-electron chi connectivity index (χ4n) is 5.82. The molecule has 3 aliphatic heterocycles. The minimum atomic E-state index is -1.37. The van der Waals surface area contributed by atoms with E-state index in [1.165, 1.54) is 4.90 Å². The van der Waals surface area contributed by atoms with Crippen LogP contribution in [-0.2, 0) is 16.0 Å². The number of likely N-dealkylation sites (N-methyl/N-ethyl adjacent to an activating group) is 1. The number of carbonyl (C=O) groups excluding carboxylic acids is 3. The van der Waals surface area contributed by atoms with E-state index in [-0.39, 0.29) is 12.5 Å². The van der Waals surface area contributed by atoms with Crippen LogP contribution in [0.4, 0.5) is 16.2 Å². The molecule has 1 N–H and O–H groups in total. The van der Waals surface area contributed by atoms with E-state index in [9.17, 15) is 14.4 Å². The Morgan fingerprint density at radius 2 is 1.69 bits per heavy atom. The third-order valence-electron chi connectivity index (χ3n) is 7.20. The number of amides is 4. The third-order valence-corrected chi connectivity index (χ3v) is 7.20. The minimum absolute atomic E-state index is 0.274. The molecule has 2 fully saturated rings. The van der Waals surface area contributed by atoms with E-state index in [0.29, 0.717) is 12.2 Å². The van der Waals surface area contributed by atoms with E-state index in [2.05, 4.69) is 21.2 Å². The second-order valence-corrected chi connectivity index (χ2v) is 9.40. The lowest BCUT2D eigenvalue weighted by atomic mass is 9.67. The van der Waals surface area contributed by atoms with Crippen molar-refractivity contribution in [3.63, 3.8) is 0 Å². The normalized spacial score (nSPS) is 25.6. The second-order valence-electron chi connectivity index (χ2n) is 9.40. The number of nitrogens with zero attached hydrogens (tertiary/aromatic N) is 3. The van der Waals surface area contributed by atoms with Gasteiger partial charge in [-0.1, -0.05) is 35.9 Å². The Balaban J connectivity index is 1.70. The molecule has 7 heteroatoms. The highest BCUT2D eigenvalue weighted by molar-refractivity contribution is 6.31. The highest BCUT2D eigenvalue weighted by Crippen LogP contribution is 2.46. The van der Waals surface area contributed by atoms with Gasteiger partial charge in [0.25, 0.3) is 5.91 Å². The summed E-state index contributed by atoms with van der Waals surface area (Å²) >= 11 is 0.